The van der Waals surface area contributed by atoms with Crippen LogP contribution in [-0.2, 0) is 4.74 Å². The summed E-state index contributed by atoms with van der Waals surface area (Å²) in [6.45, 7) is 9.70. The third kappa shape index (κ3) is 3.08. The number of hydrogen-bond acceptors (Lipinski definition) is 3. The summed E-state index contributed by atoms with van der Waals surface area (Å²) in [6.07, 6.45) is 1.32. The summed E-state index contributed by atoms with van der Waals surface area (Å²) in [7, 11) is 0. The molecule has 0 radical (unpaired) electrons. The van der Waals surface area contributed by atoms with E-state index in [1.807, 2.05) is 39.0 Å². The molecule has 1 heterocycles. The van der Waals surface area contributed by atoms with E-state index in [1.165, 1.54) is 0 Å². The third-order valence-electron chi connectivity index (χ3n) is 2.76. The average Bonchev–Trinajstić information content (AvgIpc) is 2.70. The first-order valence-corrected chi connectivity index (χ1v) is 6.28. The van der Waals surface area contributed by atoms with Gasteiger partial charge in [-0.3, -0.25) is 0 Å². The lowest BCUT2D eigenvalue weighted by molar-refractivity contribution is 0.0497. The zero-order valence-electron chi connectivity index (χ0n) is 11.5. The molecule has 0 spiro atoms. The fraction of sp³-hybridized carbons (Fsp3) is 0.400. The van der Waals surface area contributed by atoms with E-state index in [9.17, 15) is 4.79 Å². The normalized spacial score (nSPS) is 17.3. The van der Waals surface area contributed by atoms with Crippen molar-refractivity contribution >= 4 is 12.2 Å². The molecule has 2 rings (SSSR count). The zero-order valence-corrected chi connectivity index (χ0v) is 11.5. The molecule has 0 aliphatic carbocycles. The fourth-order valence-electron chi connectivity index (χ4n) is 2.06. The smallest absolute Gasteiger partial charge is 0.408 e. The van der Waals surface area contributed by atoms with Crippen LogP contribution in [0.2, 0.25) is 0 Å². The molecule has 4 heteroatoms. The largest absolute Gasteiger partial charge is 0.491 e. The Morgan fingerprint density at radius 2 is 2.26 bits per heavy atom. The van der Waals surface area contributed by atoms with Crippen LogP contribution in [0.25, 0.3) is 6.08 Å². The molecule has 1 aromatic rings. The van der Waals surface area contributed by atoms with Crippen LogP contribution < -0.4 is 10.1 Å². The van der Waals surface area contributed by atoms with Crippen LogP contribution in [0.15, 0.2) is 24.8 Å². The average molecular weight is 261 g/mol. The quantitative estimate of drug-likeness (QED) is 0.888. The number of carbonyl (C=O) groups excluding carboxylic acids is 1. The lowest BCUT2D eigenvalue weighted by atomic mass is 10.0. The number of nitrogens with one attached hydrogen (secondary N) is 1. The number of benzene rings is 1. The van der Waals surface area contributed by atoms with Gasteiger partial charge in [-0.15, -0.1) is 0 Å². The standard InChI is InChI=1S/C15H19NO3/c1-5-10-7-6-8-12-13(10)11(9-18-12)16-14(17)19-15(2,3)4/h5-8,11H,1,9H2,2-4H3,(H,16,17). The Bertz CT molecular complexity index is 503. The predicted molar refractivity (Wildman–Crippen MR) is 74.1 cm³/mol. The Morgan fingerprint density at radius 1 is 1.53 bits per heavy atom. The maximum absolute atomic E-state index is 11.8. The molecule has 0 bridgehead atoms. The molecule has 0 fully saturated rings. The molecule has 0 saturated heterocycles. The molecule has 1 aliphatic heterocycles. The minimum Gasteiger partial charge on any atom is -0.491 e. The third-order valence-corrected chi connectivity index (χ3v) is 2.76. The lowest BCUT2D eigenvalue weighted by Crippen LogP contribution is -2.35. The summed E-state index contributed by atoms with van der Waals surface area (Å²) in [6, 6.07) is 5.55. The van der Waals surface area contributed by atoms with Gasteiger partial charge in [0.2, 0.25) is 0 Å². The van der Waals surface area contributed by atoms with Crippen LogP contribution in [-0.4, -0.2) is 18.3 Å². The van der Waals surface area contributed by atoms with Gasteiger partial charge >= 0.3 is 6.09 Å². The molecule has 0 saturated carbocycles. The number of rotatable bonds is 2. The maximum atomic E-state index is 11.8. The van der Waals surface area contributed by atoms with Gasteiger partial charge in [0.25, 0.3) is 0 Å². The minimum absolute atomic E-state index is 0.195. The number of alkyl carbamates (subject to hydrolysis) is 1. The molecule has 1 aromatic carbocycles. The number of amides is 1. The van der Waals surface area contributed by atoms with Crippen molar-refractivity contribution < 1.29 is 14.3 Å². The molecular weight excluding hydrogens is 242 g/mol. The number of hydrogen-bond donors (Lipinski definition) is 1. The van der Waals surface area contributed by atoms with Crippen molar-refractivity contribution in [2.24, 2.45) is 0 Å². The Kier molecular flexibility index (Phi) is 3.51. The van der Waals surface area contributed by atoms with Crippen LogP contribution in [0, 0.1) is 0 Å². The van der Waals surface area contributed by atoms with E-state index in [-0.39, 0.29) is 6.04 Å². The first-order chi connectivity index (χ1) is 8.90. The van der Waals surface area contributed by atoms with Crippen LogP contribution in [0.1, 0.15) is 37.9 Å². The molecule has 1 amide bonds. The van der Waals surface area contributed by atoms with Gasteiger partial charge in [0.15, 0.2) is 0 Å². The molecule has 19 heavy (non-hydrogen) atoms. The highest BCUT2D eigenvalue weighted by atomic mass is 16.6. The first kappa shape index (κ1) is 13.5. The molecular formula is C15H19NO3. The Labute approximate surface area is 113 Å². The van der Waals surface area contributed by atoms with Crippen molar-refractivity contribution in [1.29, 1.82) is 0 Å². The van der Waals surface area contributed by atoms with E-state index in [0.717, 1.165) is 16.9 Å². The van der Waals surface area contributed by atoms with Crippen molar-refractivity contribution in [3.8, 4) is 5.75 Å². The van der Waals surface area contributed by atoms with Crippen LogP contribution in [0.4, 0.5) is 4.79 Å². The monoisotopic (exact) mass is 261 g/mol. The van der Waals surface area contributed by atoms with Gasteiger partial charge in [-0.25, -0.2) is 4.79 Å². The Hall–Kier alpha value is -1.97. The van der Waals surface area contributed by atoms with Gasteiger partial charge < -0.3 is 14.8 Å². The summed E-state index contributed by atoms with van der Waals surface area (Å²) in [4.78, 5) is 11.8. The van der Waals surface area contributed by atoms with Crippen molar-refractivity contribution in [2.75, 3.05) is 6.61 Å². The number of fused-ring (bicyclic) bond motifs is 1. The maximum Gasteiger partial charge on any atom is 0.408 e. The highest BCUT2D eigenvalue weighted by Crippen LogP contribution is 2.35. The number of ether oxygens (including phenoxy) is 2. The molecule has 102 valence electrons. The fourth-order valence-corrected chi connectivity index (χ4v) is 2.06. The van der Waals surface area contributed by atoms with E-state index in [1.54, 1.807) is 6.08 Å². The first-order valence-electron chi connectivity index (χ1n) is 6.28. The summed E-state index contributed by atoms with van der Waals surface area (Å²) >= 11 is 0. The minimum atomic E-state index is -0.510. The van der Waals surface area contributed by atoms with Gasteiger partial charge in [0.05, 0.1) is 6.04 Å². The van der Waals surface area contributed by atoms with Crippen LogP contribution in [0.5, 0.6) is 5.75 Å². The van der Waals surface area contributed by atoms with Crippen molar-refractivity contribution in [2.45, 2.75) is 32.4 Å². The summed E-state index contributed by atoms with van der Waals surface area (Å²) < 4.78 is 10.8. The Morgan fingerprint density at radius 3 is 2.89 bits per heavy atom. The van der Waals surface area contributed by atoms with E-state index >= 15 is 0 Å². The van der Waals surface area contributed by atoms with E-state index < -0.39 is 11.7 Å². The predicted octanol–water partition coefficient (Wildman–Crippen LogP) is 3.29. The highest BCUT2D eigenvalue weighted by Gasteiger charge is 2.29. The second-order valence-corrected chi connectivity index (χ2v) is 5.47. The van der Waals surface area contributed by atoms with Gasteiger partial charge in [-0.1, -0.05) is 24.8 Å². The summed E-state index contributed by atoms with van der Waals surface area (Å²) in [5.41, 5.74) is 1.42. The summed E-state index contributed by atoms with van der Waals surface area (Å²) in [5, 5.41) is 2.83. The zero-order chi connectivity index (χ0) is 14.0. The molecule has 1 N–H and O–H groups in total. The molecule has 0 aromatic heterocycles. The number of carbonyl (C=O) groups is 1. The Balaban J connectivity index is 2.14. The lowest BCUT2D eigenvalue weighted by Gasteiger charge is -2.21. The molecule has 1 aliphatic rings. The molecule has 1 unspecified atom stereocenters. The van der Waals surface area contributed by atoms with E-state index in [2.05, 4.69) is 11.9 Å². The van der Waals surface area contributed by atoms with Crippen molar-refractivity contribution in [3.63, 3.8) is 0 Å². The highest BCUT2D eigenvalue weighted by molar-refractivity contribution is 5.70. The van der Waals surface area contributed by atoms with Gasteiger partial charge in [-0.2, -0.15) is 0 Å². The second-order valence-electron chi connectivity index (χ2n) is 5.47. The van der Waals surface area contributed by atoms with Crippen LogP contribution in [0.3, 0.4) is 0 Å². The van der Waals surface area contributed by atoms with Crippen molar-refractivity contribution in [1.82, 2.24) is 5.32 Å². The SMILES string of the molecule is C=Cc1cccc2c1C(NC(=O)OC(C)(C)C)CO2. The van der Waals surface area contributed by atoms with E-state index in [0.29, 0.717) is 6.61 Å². The van der Waals surface area contributed by atoms with Gasteiger partial charge in [-0.05, 0) is 32.4 Å². The molecule has 4 nitrogen and oxygen atoms in total. The van der Waals surface area contributed by atoms with Crippen molar-refractivity contribution in [3.05, 3.63) is 35.9 Å². The second kappa shape index (κ2) is 4.96. The molecule has 1 atom stereocenters. The van der Waals surface area contributed by atoms with E-state index in [4.69, 9.17) is 9.47 Å². The van der Waals surface area contributed by atoms with Crippen LogP contribution >= 0.6 is 0 Å². The topological polar surface area (TPSA) is 47.6 Å². The van der Waals surface area contributed by atoms with Gasteiger partial charge in [0, 0.05) is 5.56 Å². The summed E-state index contributed by atoms with van der Waals surface area (Å²) in [5.74, 6) is 0.790. The van der Waals surface area contributed by atoms with Gasteiger partial charge in [0.1, 0.15) is 18.0 Å².